The molecule has 144 valence electrons. The minimum absolute atomic E-state index is 0.191. The van der Waals surface area contributed by atoms with Crippen molar-refractivity contribution in [2.75, 3.05) is 32.8 Å². The zero-order chi connectivity index (χ0) is 18.2. The fourth-order valence-electron chi connectivity index (χ4n) is 5.36. The third-order valence-electron chi connectivity index (χ3n) is 6.70. The first kappa shape index (κ1) is 17.1. The van der Waals surface area contributed by atoms with Gasteiger partial charge in [0.2, 0.25) is 0 Å². The van der Waals surface area contributed by atoms with Gasteiger partial charge in [0.15, 0.2) is 0 Å². The van der Waals surface area contributed by atoms with Crippen molar-refractivity contribution in [3.05, 3.63) is 35.5 Å². The maximum atomic E-state index is 13.4. The molecule has 27 heavy (non-hydrogen) atoms. The smallest absolute Gasteiger partial charge is 0.320 e. The molecule has 2 amide bonds. The Hall–Kier alpha value is -2.01. The van der Waals surface area contributed by atoms with Crippen LogP contribution in [0.2, 0.25) is 0 Å². The maximum Gasteiger partial charge on any atom is 0.320 e. The molecular formula is C22H29N3O2. The normalized spacial score (nSPS) is 24.2. The molecule has 1 aliphatic carbocycles. The molecule has 1 N–H and O–H groups in total. The van der Waals surface area contributed by atoms with E-state index in [0.29, 0.717) is 32.2 Å². The summed E-state index contributed by atoms with van der Waals surface area (Å²) >= 11 is 0. The fourth-order valence-corrected chi connectivity index (χ4v) is 5.36. The van der Waals surface area contributed by atoms with Gasteiger partial charge in [-0.15, -0.1) is 0 Å². The van der Waals surface area contributed by atoms with Crippen LogP contribution in [-0.2, 0) is 11.2 Å². The van der Waals surface area contributed by atoms with Crippen molar-refractivity contribution in [2.24, 2.45) is 5.92 Å². The number of carbonyl (C=O) groups excluding carboxylic acids is 1. The van der Waals surface area contributed by atoms with Crippen molar-refractivity contribution in [1.82, 2.24) is 14.8 Å². The van der Waals surface area contributed by atoms with Crippen LogP contribution in [-0.4, -0.2) is 53.7 Å². The van der Waals surface area contributed by atoms with Gasteiger partial charge in [-0.05, 0) is 36.8 Å². The van der Waals surface area contributed by atoms with Crippen LogP contribution in [0, 0.1) is 5.92 Å². The largest absolute Gasteiger partial charge is 0.378 e. The van der Waals surface area contributed by atoms with E-state index in [1.165, 1.54) is 54.3 Å². The highest BCUT2D eigenvalue weighted by molar-refractivity contribution is 5.86. The summed E-state index contributed by atoms with van der Waals surface area (Å²) in [6, 6.07) is 9.00. The number of fused-ring (bicyclic) bond motifs is 3. The number of aromatic nitrogens is 1. The van der Waals surface area contributed by atoms with E-state index in [1.807, 2.05) is 4.90 Å². The van der Waals surface area contributed by atoms with E-state index in [1.54, 1.807) is 0 Å². The summed E-state index contributed by atoms with van der Waals surface area (Å²) in [5.41, 5.74) is 3.95. The van der Waals surface area contributed by atoms with Gasteiger partial charge in [0.1, 0.15) is 0 Å². The third-order valence-corrected chi connectivity index (χ3v) is 6.70. The summed E-state index contributed by atoms with van der Waals surface area (Å²) in [5.74, 6) is 0.566. The van der Waals surface area contributed by atoms with Gasteiger partial charge >= 0.3 is 6.03 Å². The number of benzene rings is 1. The number of ether oxygens (including phenoxy) is 1. The van der Waals surface area contributed by atoms with E-state index in [-0.39, 0.29) is 12.1 Å². The highest BCUT2D eigenvalue weighted by Crippen LogP contribution is 2.44. The fraction of sp³-hybridized carbons (Fsp3) is 0.591. The van der Waals surface area contributed by atoms with Gasteiger partial charge in [-0.25, -0.2) is 4.79 Å². The molecule has 1 aromatic carbocycles. The Labute approximate surface area is 160 Å². The van der Waals surface area contributed by atoms with Crippen molar-refractivity contribution < 1.29 is 9.53 Å². The lowest BCUT2D eigenvalue weighted by Crippen LogP contribution is -2.52. The van der Waals surface area contributed by atoms with E-state index in [9.17, 15) is 4.79 Å². The van der Waals surface area contributed by atoms with Gasteiger partial charge in [-0.3, -0.25) is 0 Å². The predicted molar refractivity (Wildman–Crippen MR) is 106 cm³/mol. The van der Waals surface area contributed by atoms with Crippen LogP contribution >= 0.6 is 0 Å². The predicted octanol–water partition coefficient (Wildman–Crippen LogP) is 4.10. The van der Waals surface area contributed by atoms with Crippen molar-refractivity contribution in [3.8, 4) is 0 Å². The first-order chi connectivity index (χ1) is 13.3. The molecule has 5 nitrogen and oxygen atoms in total. The summed E-state index contributed by atoms with van der Waals surface area (Å²) in [5, 5.41) is 1.34. The van der Waals surface area contributed by atoms with Crippen LogP contribution in [0.4, 0.5) is 4.79 Å². The van der Waals surface area contributed by atoms with Gasteiger partial charge < -0.3 is 19.5 Å². The number of nitrogens with zero attached hydrogens (tertiary/aromatic N) is 2. The van der Waals surface area contributed by atoms with Crippen molar-refractivity contribution in [2.45, 2.75) is 44.6 Å². The second-order valence-corrected chi connectivity index (χ2v) is 8.23. The zero-order valence-corrected chi connectivity index (χ0v) is 16.0. The number of urea groups is 1. The van der Waals surface area contributed by atoms with E-state index in [2.05, 4.69) is 34.1 Å². The van der Waals surface area contributed by atoms with E-state index in [4.69, 9.17) is 4.74 Å². The van der Waals surface area contributed by atoms with Crippen LogP contribution in [0.1, 0.15) is 49.4 Å². The summed E-state index contributed by atoms with van der Waals surface area (Å²) < 4.78 is 5.46. The number of nitrogens with one attached hydrogen (secondary N) is 1. The number of para-hydroxylation sites is 1. The van der Waals surface area contributed by atoms with E-state index >= 15 is 0 Å². The molecule has 0 bridgehead atoms. The number of amides is 2. The van der Waals surface area contributed by atoms with Crippen molar-refractivity contribution in [3.63, 3.8) is 0 Å². The number of morpholine rings is 1. The molecule has 1 saturated heterocycles. The molecule has 2 aromatic rings. The zero-order valence-electron chi connectivity index (χ0n) is 16.0. The number of hydrogen-bond acceptors (Lipinski definition) is 2. The minimum Gasteiger partial charge on any atom is -0.378 e. The Balaban J connectivity index is 1.53. The first-order valence-electron chi connectivity index (χ1n) is 10.6. The van der Waals surface area contributed by atoms with Gasteiger partial charge in [-0.2, -0.15) is 0 Å². The van der Waals surface area contributed by atoms with Crippen molar-refractivity contribution >= 4 is 16.9 Å². The topological polar surface area (TPSA) is 48.6 Å². The second kappa shape index (κ2) is 7.19. The van der Waals surface area contributed by atoms with Gasteiger partial charge in [0.25, 0.3) is 0 Å². The summed E-state index contributed by atoms with van der Waals surface area (Å²) in [6.07, 6.45) is 7.31. The minimum atomic E-state index is 0.191. The molecule has 0 radical (unpaired) electrons. The van der Waals surface area contributed by atoms with Crippen LogP contribution in [0.5, 0.6) is 0 Å². The molecule has 2 fully saturated rings. The Kier molecular flexibility index (Phi) is 4.56. The second-order valence-electron chi connectivity index (χ2n) is 8.23. The lowest BCUT2D eigenvalue weighted by atomic mass is 9.79. The third kappa shape index (κ3) is 3.02. The molecule has 5 heteroatoms. The summed E-state index contributed by atoms with van der Waals surface area (Å²) in [6.45, 7) is 3.57. The number of aromatic amines is 1. The molecule has 0 spiro atoms. The monoisotopic (exact) mass is 367 g/mol. The Bertz CT molecular complexity index is 818. The number of carbonyl (C=O) groups is 1. The Morgan fingerprint density at radius 2 is 1.81 bits per heavy atom. The first-order valence-corrected chi connectivity index (χ1v) is 10.6. The molecule has 1 saturated carbocycles. The molecule has 1 aromatic heterocycles. The molecule has 5 rings (SSSR count). The number of H-pyrrole nitrogens is 1. The SMILES string of the molecule is O=C(N1CCOCC1)N1CCc2c([nH]c3ccccc23)C1C1CCCCC1. The van der Waals surface area contributed by atoms with Crippen molar-refractivity contribution in [1.29, 1.82) is 0 Å². The van der Waals surface area contributed by atoms with Crippen LogP contribution in [0.25, 0.3) is 10.9 Å². The summed E-state index contributed by atoms with van der Waals surface area (Å²) in [4.78, 5) is 21.3. The molecule has 2 aliphatic heterocycles. The van der Waals surface area contributed by atoms with Gasteiger partial charge in [-0.1, -0.05) is 37.5 Å². The van der Waals surface area contributed by atoms with Gasteiger partial charge in [0, 0.05) is 36.2 Å². The Morgan fingerprint density at radius 3 is 2.63 bits per heavy atom. The molecule has 1 atom stereocenters. The van der Waals surface area contributed by atoms with Crippen LogP contribution < -0.4 is 0 Å². The number of hydrogen-bond donors (Lipinski definition) is 1. The maximum absolute atomic E-state index is 13.4. The average molecular weight is 367 g/mol. The van der Waals surface area contributed by atoms with Crippen LogP contribution in [0.15, 0.2) is 24.3 Å². The molecule has 3 heterocycles. The molecule has 3 aliphatic rings. The lowest BCUT2D eigenvalue weighted by molar-refractivity contribution is 0.0313. The van der Waals surface area contributed by atoms with E-state index < -0.39 is 0 Å². The molecular weight excluding hydrogens is 338 g/mol. The molecule has 1 unspecified atom stereocenters. The average Bonchev–Trinajstić information content (AvgIpc) is 3.12. The Morgan fingerprint density at radius 1 is 1.04 bits per heavy atom. The number of rotatable bonds is 1. The lowest BCUT2D eigenvalue weighted by Gasteiger charge is -2.44. The van der Waals surface area contributed by atoms with Crippen LogP contribution in [0.3, 0.4) is 0 Å². The van der Waals surface area contributed by atoms with Gasteiger partial charge in [0.05, 0.1) is 19.3 Å². The quantitative estimate of drug-likeness (QED) is 0.825. The standard InChI is InChI=1S/C22H29N3O2/c26-22(24-12-14-27-15-13-24)25-11-10-18-17-8-4-5-9-19(17)23-20(18)21(25)16-6-2-1-3-7-16/h4-5,8-9,16,21,23H,1-3,6-7,10-15H2. The summed E-state index contributed by atoms with van der Waals surface area (Å²) in [7, 11) is 0. The van der Waals surface area contributed by atoms with E-state index in [0.717, 1.165) is 13.0 Å². The highest BCUT2D eigenvalue weighted by atomic mass is 16.5. The highest BCUT2D eigenvalue weighted by Gasteiger charge is 2.40.